The summed E-state index contributed by atoms with van der Waals surface area (Å²) in [6.07, 6.45) is 2.16. The molecule has 0 spiro atoms. The summed E-state index contributed by atoms with van der Waals surface area (Å²) in [4.78, 5) is 13.7. The fraction of sp³-hybridized carbons (Fsp3) is 0.632. The second kappa shape index (κ2) is 7.66. The average molecular weight is 381 g/mol. The lowest BCUT2D eigenvalue weighted by molar-refractivity contribution is -0.917. The lowest BCUT2D eigenvalue weighted by Crippen LogP contribution is -3.19. The quantitative estimate of drug-likeness (QED) is 0.749. The van der Waals surface area contributed by atoms with E-state index in [1.165, 1.54) is 0 Å². The zero-order valence-corrected chi connectivity index (χ0v) is 16.7. The normalized spacial score (nSPS) is 20.9. The molecule has 7 heteroatoms. The number of carbonyl (C=O) groups is 1. The molecule has 144 valence electrons. The van der Waals surface area contributed by atoms with Crippen LogP contribution in [-0.2, 0) is 14.8 Å². The highest BCUT2D eigenvalue weighted by atomic mass is 32.2. The summed E-state index contributed by atoms with van der Waals surface area (Å²) < 4.78 is 27.3. The molecular formula is C19H30N3O3S+. The van der Waals surface area contributed by atoms with Gasteiger partial charge in [-0.15, -0.1) is 0 Å². The predicted octanol–water partition coefficient (Wildman–Crippen LogP) is 0.366. The molecule has 1 aliphatic carbocycles. The number of nitrogens with one attached hydrogen (secondary N) is 2. The number of sulfonamides is 1. The maximum absolute atomic E-state index is 12.9. The Labute approximate surface area is 156 Å². The maximum Gasteiger partial charge on any atom is 0.278 e. The Balaban J connectivity index is 1.60. The standard InChI is InChI=1S/C19H29N3O3S/c1-14(2)16-4-8-18(9-5-16)26(24,25)22-12-10-21(11-13-22)15(3)19(23)20-17-6-7-17/h4-5,8-9,14-15,17H,6-7,10-13H2,1-3H3,(H,20,23)/p+1/t15-/m0/s1. The van der Waals surface area contributed by atoms with Gasteiger partial charge in [-0.05, 0) is 43.4 Å². The number of rotatable bonds is 6. The van der Waals surface area contributed by atoms with Crippen molar-refractivity contribution in [2.75, 3.05) is 26.2 Å². The van der Waals surface area contributed by atoms with Gasteiger partial charge in [0.05, 0.1) is 31.1 Å². The smallest absolute Gasteiger partial charge is 0.278 e. The van der Waals surface area contributed by atoms with Crippen molar-refractivity contribution in [1.29, 1.82) is 0 Å². The van der Waals surface area contributed by atoms with E-state index in [9.17, 15) is 13.2 Å². The van der Waals surface area contributed by atoms with Crippen LogP contribution in [0, 0.1) is 0 Å². The molecule has 1 amide bonds. The molecule has 6 nitrogen and oxygen atoms in total. The van der Waals surface area contributed by atoms with Crippen LogP contribution in [0.25, 0.3) is 0 Å². The van der Waals surface area contributed by atoms with Gasteiger partial charge in [-0.25, -0.2) is 8.42 Å². The highest BCUT2D eigenvalue weighted by molar-refractivity contribution is 7.89. The monoisotopic (exact) mass is 380 g/mol. The Bertz CT molecular complexity index is 734. The number of piperazine rings is 1. The predicted molar refractivity (Wildman–Crippen MR) is 101 cm³/mol. The van der Waals surface area contributed by atoms with Gasteiger partial charge in [-0.3, -0.25) is 4.79 Å². The highest BCUT2D eigenvalue weighted by Gasteiger charge is 2.35. The van der Waals surface area contributed by atoms with Crippen molar-refractivity contribution in [3.63, 3.8) is 0 Å². The molecule has 3 rings (SSSR count). The maximum atomic E-state index is 12.9. The molecule has 1 aromatic carbocycles. The van der Waals surface area contributed by atoms with Crippen LogP contribution < -0.4 is 10.2 Å². The van der Waals surface area contributed by atoms with Gasteiger partial charge >= 0.3 is 0 Å². The first kappa shape index (κ1) is 19.3. The molecule has 0 radical (unpaired) electrons. The number of amides is 1. The summed E-state index contributed by atoms with van der Waals surface area (Å²) in [5.41, 5.74) is 1.13. The molecule has 1 aromatic rings. The lowest BCUT2D eigenvalue weighted by atomic mass is 10.0. The molecule has 2 N–H and O–H groups in total. The van der Waals surface area contributed by atoms with E-state index in [-0.39, 0.29) is 11.9 Å². The fourth-order valence-electron chi connectivity index (χ4n) is 3.36. The van der Waals surface area contributed by atoms with Gasteiger partial charge in [0.1, 0.15) is 0 Å². The molecule has 1 heterocycles. The minimum Gasteiger partial charge on any atom is -0.348 e. The van der Waals surface area contributed by atoms with Gasteiger partial charge < -0.3 is 10.2 Å². The van der Waals surface area contributed by atoms with Gasteiger partial charge in [0.25, 0.3) is 5.91 Å². The molecule has 1 atom stereocenters. The number of quaternary nitrogens is 1. The topological polar surface area (TPSA) is 70.9 Å². The minimum atomic E-state index is -3.46. The Morgan fingerprint density at radius 2 is 1.69 bits per heavy atom. The molecule has 1 saturated carbocycles. The number of hydrogen-bond acceptors (Lipinski definition) is 3. The van der Waals surface area contributed by atoms with Gasteiger partial charge in [-0.1, -0.05) is 26.0 Å². The third-order valence-electron chi connectivity index (χ3n) is 5.48. The van der Waals surface area contributed by atoms with E-state index in [2.05, 4.69) is 19.2 Å². The van der Waals surface area contributed by atoms with Crippen molar-refractivity contribution in [2.45, 2.75) is 56.5 Å². The number of carbonyl (C=O) groups excluding carboxylic acids is 1. The minimum absolute atomic E-state index is 0.0862. The Kier molecular flexibility index (Phi) is 5.69. The van der Waals surface area contributed by atoms with Crippen molar-refractivity contribution in [1.82, 2.24) is 9.62 Å². The van der Waals surface area contributed by atoms with E-state index in [1.54, 1.807) is 16.4 Å². The molecule has 0 unspecified atom stereocenters. The first-order valence-electron chi connectivity index (χ1n) is 9.54. The van der Waals surface area contributed by atoms with Crippen LogP contribution in [0.1, 0.15) is 45.1 Å². The van der Waals surface area contributed by atoms with E-state index in [4.69, 9.17) is 0 Å². The molecular weight excluding hydrogens is 350 g/mol. The third kappa shape index (κ3) is 4.27. The fourth-order valence-corrected chi connectivity index (χ4v) is 4.80. The Morgan fingerprint density at radius 1 is 1.12 bits per heavy atom. The van der Waals surface area contributed by atoms with Crippen LogP contribution >= 0.6 is 0 Å². The Morgan fingerprint density at radius 3 is 2.19 bits per heavy atom. The molecule has 0 bridgehead atoms. The summed E-state index contributed by atoms with van der Waals surface area (Å²) in [5, 5.41) is 3.04. The van der Waals surface area contributed by atoms with Crippen molar-refractivity contribution >= 4 is 15.9 Å². The van der Waals surface area contributed by atoms with Gasteiger partial charge in [0.15, 0.2) is 6.04 Å². The summed E-state index contributed by atoms with van der Waals surface area (Å²) in [6.45, 7) is 8.32. The lowest BCUT2D eigenvalue weighted by Gasteiger charge is -2.34. The van der Waals surface area contributed by atoms with Crippen LogP contribution in [-0.4, -0.2) is 56.9 Å². The average Bonchev–Trinajstić information content (AvgIpc) is 3.45. The van der Waals surface area contributed by atoms with Crippen molar-refractivity contribution in [2.24, 2.45) is 0 Å². The van der Waals surface area contributed by atoms with Crippen LogP contribution in [0.4, 0.5) is 0 Å². The molecule has 0 aromatic heterocycles. The summed E-state index contributed by atoms with van der Waals surface area (Å²) in [7, 11) is -3.46. The third-order valence-corrected chi connectivity index (χ3v) is 7.39. The van der Waals surface area contributed by atoms with Crippen molar-refractivity contribution < 1.29 is 18.1 Å². The van der Waals surface area contributed by atoms with E-state index >= 15 is 0 Å². The Hall–Kier alpha value is -1.44. The van der Waals surface area contributed by atoms with Gasteiger partial charge in [-0.2, -0.15) is 4.31 Å². The molecule has 2 aliphatic rings. The van der Waals surface area contributed by atoms with E-state index in [1.807, 2.05) is 19.1 Å². The first-order valence-corrected chi connectivity index (χ1v) is 11.0. The molecule has 26 heavy (non-hydrogen) atoms. The summed E-state index contributed by atoms with van der Waals surface area (Å²) in [6, 6.07) is 7.42. The number of benzene rings is 1. The second-order valence-electron chi connectivity index (χ2n) is 7.79. The molecule has 1 aliphatic heterocycles. The first-order chi connectivity index (χ1) is 12.3. The van der Waals surface area contributed by atoms with E-state index in [0.29, 0.717) is 43.0 Å². The van der Waals surface area contributed by atoms with Gasteiger partial charge in [0, 0.05) is 6.04 Å². The van der Waals surface area contributed by atoms with Crippen molar-refractivity contribution in [3.8, 4) is 0 Å². The SMILES string of the molecule is CC(C)c1ccc(S(=O)(=O)N2CC[NH+]([C@@H](C)C(=O)NC3CC3)CC2)cc1. The van der Waals surface area contributed by atoms with E-state index < -0.39 is 10.0 Å². The van der Waals surface area contributed by atoms with E-state index in [0.717, 1.165) is 23.3 Å². The van der Waals surface area contributed by atoms with Gasteiger partial charge in [0.2, 0.25) is 10.0 Å². The largest absolute Gasteiger partial charge is 0.348 e. The second-order valence-corrected chi connectivity index (χ2v) is 9.73. The summed E-state index contributed by atoms with van der Waals surface area (Å²) in [5.74, 6) is 0.463. The molecule has 2 fully saturated rings. The number of hydrogen-bond donors (Lipinski definition) is 2. The van der Waals surface area contributed by atoms with Crippen LogP contribution in [0.5, 0.6) is 0 Å². The van der Waals surface area contributed by atoms with Crippen LogP contribution in [0.15, 0.2) is 29.2 Å². The van der Waals surface area contributed by atoms with Crippen LogP contribution in [0.3, 0.4) is 0 Å². The highest BCUT2D eigenvalue weighted by Crippen LogP contribution is 2.20. The zero-order chi connectivity index (χ0) is 18.9. The zero-order valence-electron chi connectivity index (χ0n) is 15.9. The molecule has 1 saturated heterocycles. The number of nitrogens with zero attached hydrogens (tertiary/aromatic N) is 1. The van der Waals surface area contributed by atoms with Crippen molar-refractivity contribution in [3.05, 3.63) is 29.8 Å². The van der Waals surface area contributed by atoms with Crippen LogP contribution in [0.2, 0.25) is 0 Å². The summed E-state index contributed by atoms with van der Waals surface area (Å²) >= 11 is 0.